The maximum absolute atomic E-state index is 12.1. The van der Waals surface area contributed by atoms with Crippen LogP contribution in [-0.4, -0.2) is 33.8 Å². The molecule has 2 aromatic carbocycles. The molecular formula is C20H24BrNO5. The first kappa shape index (κ1) is 20.9. The molecule has 6 nitrogen and oxygen atoms in total. The molecule has 0 aliphatic rings. The zero-order valence-corrected chi connectivity index (χ0v) is 17.3. The Labute approximate surface area is 167 Å². The number of nitrogens with one attached hydrogen (secondary N) is 1. The molecule has 0 spiro atoms. The van der Waals surface area contributed by atoms with E-state index >= 15 is 0 Å². The molecule has 0 aliphatic carbocycles. The Morgan fingerprint density at radius 1 is 1.00 bits per heavy atom. The van der Waals surface area contributed by atoms with Crippen LogP contribution in [0, 0.1) is 0 Å². The lowest BCUT2D eigenvalue weighted by Gasteiger charge is -2.14. The van der Waals surface area contributed by atoms with Crippen molar-refractivity contribution in [1.29, 1.82) is 0 Å². The molecule has 0 atom stereocenters. The van der Waals surface area contributed by atoms with Gasteiger partial charge in [-0.1, -0.05) is 22.0 Å². The molecule has 1 amide bonds. The van der Waals surface area contributed by atoms with Gasteiger partial charge in [0, 0.05) is 29.1 Å². The quantitative estimate of drug-likeness (QED) is 0.570. The van der Waals surface area contributed by atoms with Crippen molar-refractivity contribution in [3.8, 4) is 23.0 Å². The van der Waals surface area contributed by atoms with Gasteiger partial charge in [0.15, 0.2) is 11.5 Å². The maximum Gasteiger partial charge on any atom is 0.220 e. The lowest BCUT2D eigenvalue weighted by molar-refractivity contribution is -0.121. The van der Waals surface area contributed by atoms with Gasteiger partial charge >= 0.3 is 0 Å². The van der Waals surface area contributed by atoms with E-state index in [1.54, 1.807) is 33.5 Å². The van der Waals surface area contributed by atoms with Crippen molar-refractivity contribution in [2.75, 3.05) is 27.9 Å². The van der Waals surface area contributed by atoms with E-state index < -0.39 is 0 Å². The fourth-order valence-electron chi connectivity index (χ4n) is 2.49. The van der Waals surface area contributed by atoms with Crippen LogP contribution in [0.25, 0.3) is 0 Å². The number of methoxy groups -OCH3 is 3. The second kappa shape index (κ2) is 10.7. The number of rotatable bonds is 10. The largest absolute Gasteiger partial charge is 0.496 e. The fraction of sp³-hybridized carbons (Fsp3) is 0.350. The first-order chi connectivity index (χ1) is 13.1. The van der Waals surface area contributed by atoms with Crippen LogP contribution in [0.3, 0.4) is 0 Å². The van der Waals surface area contributed by atoms with E-state index in [0.717, 1.165) is 15.8 Å². The van der Waals surface area contributed by atoms with Crippen LogP contribution in [0.5, 0.6) is 23.0 Å². The summed E-state index contributed by atoms with van der Waals surface area (Å²) in [4.78, 5) is 12.1. The third-order valence-corrected chi connectivity index (χ3v) is 4.37. The van der Waals surface area contributed by atoms with Crippen molar-refractivity contribution >= 4 is 21.8 Å². The summed E-state index contributed by atoms with van der Waals surface area (Å²) in [5, 5.41) is 2.89. The third-order valence-electron chi connectivity index (χ3n) is 3.88. The van der Waals surface area contributed by atoms with Gasteiger partial charge in [0.05, 0.1) is 27.9 Å². The Balaban J connectivity index is 1.81. The van der Waals surface area contributed by atoms with E-state index in [1.807, 2.05) is 24.3 Å². The highest BCUT2D eigenvalue weighted by Crippen LogP contribution is 2.34. The molecule has 1 N–H and O–H groups in total. The Morgan fingerprint density at radius 2 is 1.70 bits per heavy atom. The highest BCUT2D eigenvalue weighted by atomic mass is 79.9. The van der Waals surface area contributed by atoms with E-state index in [2.05, 4.69) is 21.2 Å². The summed E-state index contributed by atoms with van der Waals surface area (Å²) >= 11 is 3.40. The first-order valence-corrected chi connectivity index (χ1v) is 9.30. The van der Waals surface area contributed by atoms with Crippen LogP contribution in [0.15, 0.2) is 40.9 Å². The van der Waals surface area contributed by atoms with Gasteiger partial charge in [0.1, 0.15) is 11.5 Å². The number of carbonyl (C=O) groups excluding carboxylic acids is 1. The summed E-state index contributed by atoms with van der Waals surface area (Å²) in [6.45, 7) is 0.818. The summed E-state index contributed by atoms with van der Waals surface area (Å²) in [6.07, 6.45) is 1.00. The molecule has 0 radical (unpaired) electrons. The molecule has 146 valence electrons. The number of amides is 1. The van der Waals surface area contributed by atoms with Gasteiger partial charge in [-0.25, -0.2) is 0 Å². The van der Waals surface area contributed by atoms with Crippen molar-refractivity contribution in [3.63, 3.8) is 0 Å². The zero-order valence-electron chi connectivity index (χ0n) is 15.7. The molecule has 27 heavy (non-hydrogen) atoms. The Bertz CT molecular complexity index is 766. The van der Waals surface area contributed by atoms with E-state index in [0.29, 0.717) is 43.2 Å². The summed E-state index contributed by atoms with van der Waals surface area (Å²) in [5.74, 6) is 2.52. The number of carbonyl (C=O) groups is 1. The van der Waals surface area contributed by atoms with Crippen molar-refractivity contribution in [2.24, 2.45) is 0 Å². The van der Waals surface area contributed by atoms with Crippen molar-refractivity contribution in [3.05, 3.63) is 46.4 Å². The molecule has 0 fully saturated rings. The molecule has 2 aromatic rings. The zero-order chi connectivity index (χ0) is 19.6. The van der Waals surface area contributed by atoms with Crippen molar-refractivity contribution in [2.45, 2.75) is 19.4 Å². The molecule has 7 heteroatoms. The summed E-state index contributed by atoms with van der Waals surface area (Å²) in [6, 6.07) is 11.2. The topological polar surface area (TPSA) is 66.0 Å². The van der Waals surface area contributed by atoms with Crippen molar-refractivity contribution in [1.82, 2.24) is 5.32 Å². The standard InChI is InChI=1S/C20H24BrNO5/c1-24-17-12-19(26-3)18(25-2)10-14(17)13-22-20(23)8-5-9-27-16-7-4-6-15(21)11-16/h4,6-7,10-12H,5,8-9,13H2,1-3H3,(H,22,23). The van der Waals surface area contributed by atoms with Gasteiger partial charge in [-0.15, -0.1) is 0 Å². The van der Waals surface area contributed by atoms with E-state index in [4.69, 9.17) is 18.9 Å². The molecule has 0 aromatic heterocycles. The minimum Gasteiger partial charge on any atom is -0.496 e. The molecule has 0 saturated heterocycles. The van der Waals surface area contributed by atoms with Crippen LogP contribution >= 0.6 is 15.9 Å². The second-order valence-electron chi connectivity index (χ2n) is 5.71. The highest BCUT2D eigenvalue weighted by molar-refractivity contribution is 9.10. The molecule has 0 saturated carbocycles. The Kier molecular flexibility index (Phi) is 8.26. The van der Waals surface area contributed by atoms with Crippen molar-refractivity contribution < 1.29 is 23.7 Å². The number of hydrogen-bond donors (Lipinski definition) is 1. The lowest BCUT2D eigenvalue weighted by atomic mass is 10.1. The average Bonchev–Trinajstić information content (AvgIpc) is 2.68. The highest BCUT2D eigenvalue weighted by Gasteiger charge is 2.12. The van der Waals surface area contributed by atoms with Gasteiger partial charge in [0.25, 0.3) is 0 Å². The van der Waals surface area contributed by atoms with E-state index in [1.165, 1.54) is 0 Å². The Hall–Kier alpha value is -2.41. The smallest absolute Gasteiger partial charge is 0.220 e. The van der Waals surface area contributed by atoms with Crippen LogP contribution in [0.4, 0.5) is 0 Å². The van der Waals surface area contributed by atoms with Gasteiger partial charge in [-0.2, -0.15) is 0 Å². The van der Waals surface area contributed by atoms with Gasteiger partial charge in [-0.05, 0) is 30.7 Å². The minimum atomic E-state index is -0.0512. The van der Waals surface area contributed by atoms with E-state index in [9.17, 15) is 4.79 Å². The molecule has 2 rings (SSSR count). The SMILES string of the molecule is COc1cc(OC)c(OC)cc1CNC(=O)CCCOc1cccc(Br)c1. The maximum atomic E-state index is 12.1. The number of benzene rings is 2. The van der Waals surface area contributed by atoms with Crippen LogP contribution in [0.2, 0.25) is 0 Å². The third kappa shape index (κ3) is 6.36. The minimum absolute atomic E-state index is 0.0512. The first-order valence-electron chi connectivity index (χ1n) is 8.51. The monoisotopic (exact) mass is 437 g/mol. The van der Waals surface area contributed by atoms with Gasteiger partial charge < -0.3 is 24.3 Å². The van der Waals surface area contributed by atoms with Gasteiger partial charge in [0.2, 0.25) is 5.91 Å². The lowest BCUT2D eigenvalue weighted by Crippen LogP contribution is -2.23. The number of hydrogen-bond acceptors (Lipinski definition) is 5. The number of halogens is 1. The summed E-state index contributed by atoms with van der Waals surface area (Å²) < 4.78 is 22.5. The molecule has 0 heterocycles. The normalized spacial score (nSPS) is 10.2. The summed E-state index contributed by atoms with van der Waals surface area (Å²) in [7, 11) is 4.71. The fourth-order valence-corrected chi connectivity index (χ4v) is 2.87. The van der Waals surface area contributed by atoms with Crippen LogP contribution < -0.4 is 24.3 Å². The predicted molar refractivity (Wildman–Crippen MR) is 107 cm³/mol. The molecule has 0 unspecified atom stereocenters. The van der Waals surface area contributed by atoms with E-state index in [-0.39, 0.29) is 5.91 Å². The Morgan fingerprint density at radius 3 is 2.37 bits per heavy atom. The number of ether oxygens (including phenoxy) is 4. The van der Waals surface area contributed by atoms with Crippen LogP contribution in [-0.2, 0) is 11.3 Å². The second-order valence-corrected chi connectivity index (χ2v) is 6.62. The average molecular weight is 438 g/mol. The molecule has 0 aliphatic heterocycles. The van der Waals surface area contributed by atoms with Gasteiger partial charge in [-0.3, -0.25) is 4.79 Å². The molecule has 0 bridgehead atoms. The summed E-state index contributed by atoms with van der Waals surface area (Å²) in [5.41, 5.74) is 0.814. The van der Waals surface area contributed by atoms with Crippen LogP contribution in [0.1, 0.15) is 18.4 Å². The predicted octanol–water partition coefficient (Wildman–Crippen LogP) is 3.95. The molecular weight excluding hydrogens is 414 g/mol.